The number of ether oxygens (including phenoxy) is 3. The van der Waals surface area contributed by atoms with E-state index in [-0.39, 0.29) is 95.1 Å². The first kappa shape index (κ1) is 41.9. The zero-order valence-electron chi connectivity index (χ0n) is 42.1. The molecule has 0 fully saturated rings. The average Bonchev–Trinajstić information content (AvgIpc) is 3.54. The Bertz CT molecular complexity index is 2390. The second-order valence-electron chi connectivity index (χ2n) is 18.5. The standard InChI is InChI=1S/C51H68N2O10/c1-31(2)14-9-16-33(5)18-11-21-50(7)43(57)26-37-41(55)24-35-39(46(37)62-50)28-52(48(35)59)23-13-20-45(61-30-54)53-29-40-36(49(53)60)25-42(56)38-27-44(58)51(8,63-47(38)40)22-12-19-34(6)17-10-15-32(3)4/h14-15,18-19,24-25,30,43-45,55-58H,9-13,16-17,20-23,26-29H2,1-8H3/b33-18+,34-19+/t43-,44-,45+,50-,51-/m0/s1/i28D2,29D2. The molecule has 0 radical (unpaired) electrons. The number of amides is 2. The van der Waals surface area contributed by atoms with Gasteiger partial charge in [0, 0.05) is 48.1 Å². The molecule has 12 nitrogen and oxygen atoms in total. The van der Waals surface area contributed by atoms with E-state index in [0.717, 1.165) is 41.5 Å². The van der Waals surface area contributed by atoms with Gasteiger partial charge in [0.05, 0.1) is 41.8 Å². The molecule has 0 bridgehead atoms. The van der Waals surface area contributed by atoms with Gasteiger partial charge in [0.15, 0.2) is 6.23 Å². The molecule has 4 aliphatic heterocycles. The highest BCUT2D eigenvalue weighted by Crippen LogP contribution is 2.48. The fraction of sp³-hybridized carbons (Fsp3) is 0.549. The van der Waals surface area contributed by atoms with Crippen LogP contribution in [-0.4, -0.2) is 84.7 Å². The average molecular weight is 873 g/mol. The first-order chi connectivity index (χ1) is 31.4. The number of aliphatic hydroxyl groups excluding tert-OH is 2. The van der Waals surface area contributed by atoms with E-state index < -0.39 is 54.4 Å². The van der Waals surface area contributed by atoms with E-state index in [1.54, 1.807) is 13.8 Å². The largest absolute Gasteiger partial charge is 0.508 e. The predicted octanol–water partition coefficient (Wildman–Crippen LogP) is 9.04. The number of carbonyl (C=O) groups is 3. The summed E-state index contributed by atoms with van der Waals surface area (Å²) in [6, 6.07) is 2.32. The molecule has 0 saturated carbocycles. The monoisotopic (exact) mass is 873 g/mol. The summed E-state index contributed by atoms with van der Waals surface area (Å²) in [5, 5.41) is 44.8. The Hall–Kier alpha value is -5.07. The van der Waals surface area contributed by atoms with E-state index in [0.29, 0.717) is 25.7 Å². The topological polar surface area (TPSA) is 166 Å². The van der Waals surface area contributed by atoms with Crippen LogP contribution in [0.25, 0.3) is 0 Å². The van der Waals surface area contributed by atoms with Crippen LogP contribution >= 0.6 is 0 Å². The number of rotatable bonds is 19. The molecule has 12 heteroatoms. The summed E-state index contributed by atoms with van der Waals surface area (Å²) in [7, 11) is 0. The van der Waals surface area contributed by atoms with Gasteiger partial charge in [0.1, 0.15) is 34.2 Å². The number of aliphatic hydroxyl groups is 2. The molecule has 0 spiro atoms. The number of phenols is 2. The van der Waals surface area contributed by atoms with Crippen LogP contribution in [0.2, 0.25) is 0 Å². The Balaban J connectivity index is 1.19. The number of nitrogens with zero attached hydrogens (tertiary/aromatic N) is 2. The number of hydrogen-bond donors (Lipinski definition) is 4. The molecule has 0 saturated heterocycles. The summed E-state index contributed by atoms with van der Waals surface area (Å²) >= 11 is 0. The lowest BCUT2D eigenvalue weighted by Gasteiger charge is -2.41. The van der Waals surface area contributed by atoms with Crippen LogP contribution in [0.5, 0.6) is 23.0 Å². The summed E-state index contributed by atoms with van der Waals surface area (Å²) in [5.41, 5.74) is 2.22. The van der Waals surface area contributed by atoms with E-state index in [1.807, 2.05) is 27.7 Å². The molecule has 342 valence electrons. The van der Waals surface area contributed by atoms with Gasteiger partial charge in [-0.2, -0.15) is 0 Å². The summed E-state index contributed by atoms with van der Waals surface area (Å²) < 4.78 is 55.5. The van der Waals surface area contributed by atoms with Crippen LogP contribution in [0, 0.1) is 0 Å². The van der Waals surface area contributed by atoms with Gasteiger partial charge in [-0.25, -0.2) is 0 Å². The molecular formula is C51H68N2O10. The zero-order valence-corrected chi connectivity index (χ0v) is 38.1. The summed E-state index contributed by atoms with van der Waals surface area (Å²) in [4.78, 5) is 41.9. The summed E-state index contributed by atoms with van der Waals surface area (Å²) in [6.45, 7) is 10.4. The molecule has 63 heavy (non-hydrogen) atoms. The maximum Gasteiger partial charge on any atom is 0.295 e. The lowest BCUT2D eigenvalue weighted by Crippen LogP contribution is -2.49. The van der Waals surface area contributed by atoms with Crippen LogP contribution in [0.15, 0.2) is 58.7 Å². The first-order valence-corrected chi connectivity index (χ1v) is 22.2. The van der Waals surface area contributed by atoms with Gasteiger partial charge in [0.25, 0.3) is 18.3 Å². The van der Waals surface area contributed by atoms with Crippen molar-refractivity contribution in [1.29, 1.82) is 0 Å². The van der Waals surface area contributed by atoms with Crippen molar-refractivity contribution in [3.63, 3.8) is 0 Å². The molecule has 0 aromatic heterocycles. The number of phenolic OH excluding ortho intramolecular Hbond substituents is 2. The Morgan fingerprint density at radius 3 is 1.71 bits per heavy atom. The van der Waals surface area contributed by atoms with Crippen LogP contribution < -0.4 is 9.47 Å². The van der Waals surface area contributed by atoms with Crippen molar-refractivity contribution in [2.24, 2.45) is 0 Å². The molecule has 4 N–H and O–H groups in total. The minimum Gasteiger partial charge on any atom is -0.508 e. The maximum absolute atomic E-state index is 14.2. The third kappa shape index (κ3) is 10.5. The number of hydrogen-bond acceptors (Lipinski definition) is 10. The second-order valence-corrected chi connectivity index (χ2v) is 18.5. The molecule has 6 rings (SSSR count). The molecule has 2 aromatic carbocycles. The van der Waals surface area contributed by atoms with Crippen LogP contribution in [-0.2, 0) is 35.4 Å². The van der Waals surface area contributed by atoms with Crippen molar-refractivity contribution in [2.75, 3.05) is 6.54 Å². The van der Waals surface area contributed by atoms with Crippen molar-refractivity contribution in [3.8, 4) is 23.0 Å². The quantitative estimate of drug-likeness (QED) is 0.0791. The van der Waals surface area contributed by atoms with Gasteiger partial charge in [0.2, 0.25) is 0 Å². The smallest absolute Gasteiger partial charge is 0.295 e. The third-order valence-corrected chi connectivity index (χ3v) is 12.8. The highest BCUT2D eigenvalue weighted by atomic mass is 16.5. The maximum atomic E-state index is 14.2. The van der Waals surface area contributed by atoms with E-state index in [9.17, 15) is 40.3 Å². The molecule has 2 aromatic rings. The van der Waals surface area contributed by atoms with Crippen molar-refractivity contribution in [1.82, 2.24) is 9.80 Å². The normalized spacial score (nSPS) is 25.8. The third-order valence-electron chi connectivity index (χ3n) is 12.8. The summed E-state index contributed by atoms with van der Waals surface area (Å²) in [6.07, 6.45) is 9.89. The molecule has 0 unspecified atom stereocenters. The van der Waals surface area contributed by atoms with Crippen LogP contribution in [0.3, 0.4) is 0 Å². The van der Waals surface area contributed by atoms with Crippen molar-refractivity contribution in [3.05, 3.63) is 92.1 Å². The minimum atomic E-state index is -2.65. The van der Waals surface area contributed by atoms with E-state index >= 15 is 0 Å². The Morgan fingerprint density at radius 1 is 0.762 bits per heavy atom. The molecule has 5 atom stereocenters. The molecular weight excluding hydrogens is 801 g/mol. The number of allylic oxidation sites excluding steroid dienone is 8. The summed E-state index contributed by atoms with van der Waals surface area (Å²) in [5.74, 6) is -2.36. The van der Waals surface area contributed by atoms with Gasteiger partial charge in [-0.15, -0.1) is 0 Å². The first-order valence-electron chi connectivity index (χ1n) is 24.2. The number of fused-ring (bicyclic) bond motifs is 6. The number of aromatic hydroxyl groups is 2. The van der Waals surface area contributed by atoms with Crippen molar-refractivity contribution < 1.29 is 54.5 Å². The molecule has 4 heterocycles. The number of carbonyl (C=O) groups excluding carboxylic acids is 3. The Morgan fingerprint density at radius 2 is 1.24 bits per heavy atom. The lowest BCUT2D eigenvalue weighted by molar-refractivity contribution is -0.141. The van der Waals surface area contributed by atoms with Gasteiger partial charge in [-0.1, -0.05) is 46.6 Å². The fourth-order valence-electron chi connectivity index (χ4n) is 8.74. The lowest BCUT2D eigenvalue weighted by atomic mass is 9.84. The molecule has 4 aliphatic rings. The number of benzene rings is 2. The van der Waals surface area contributed by atoms with E-state index in [4.69, 9.17) is 14.2 Å². The van der Waals surface area contributed by atoms with Crippen LogP contribution in [0.4, 0.5) is 0 Å². The van der Waals surface area contributed by atoms with Gasteiger partial charge in [-0.3, -0.25) is 19.3 Å². The Kier molecular flexibility index (Phi) is 13.1. The van der Waals surface area contributed by atoms with Gasteiger partial charge < -0.3 is 39.5 Å². The SMILES string of the molecule is [2H]C1([2H])c2c(cc(O)c3c2O[C@@](C)(CC/C=C(\C)CCC=C(C)C)[C@@H](O)C3)C(=O)N1CCC[C@@H](OC=O)N1C(=O)c2cc(O)c3c(c2C1([2H])[2H])O[C@@](C)(CC/C=C(\C)CCC=C(C)C)[C@@H](O)C3. The van der Waals surface area contributed by atoms with Gasteiger partial charge >= 0.3 is 0 Å². The fourth-order valence-corrected chi connectivity index (χ4v) is 8.74. The Labute approximate surface area is 378 Å². The zero-order chi connectivity index (χ0) is 49.4. The van der Waals surface area contributed by atoms with Crippen LogP contribution in [0.1, 0.15) is 168 Å². The van der Waals surface area contributed by atoms with E-state index in [2.05, 4.69) is 38.2 Å². The van der Waals surface area contributed by atoms with E-state index in [1.165, 1.54) is 28.4 Å². The second kappa shape index (κ2) is 19.8. The predicted molar refractivity (Wildman–Crippen MR) is 242 cm³/mol. The molecule has 2 amide bonds. The van der Waals surface area contributed by atoms with Crippen molar-refractivity contribution in [2.45, 2.75) is 175 Å². The van der Waals surface area contributed by atoms with Crippen molar-refractivity contribution >= 4 is 18.3 Å². The van der Waals surface area contributed by atoms with Gasteiger partial charge in [-0.05, 0) is 125 Å². The molecule has 0 aliphatic carbocycles. The highest BCUT2D eigenvalue weighted by Gasteiger charge is 2.46. The highest BCUT2D eigenvalue weighted by molar-refractivity contribution is 6.01. The minimum absolute atomic E-state index is 0.00262.